The molecule has 6 nitrogen and oxygen atoms in total. The van der Waals surface area contributed by atoms with E-state index in [1.165, 1.54) is 30.5 Å². The molecule has 0 bridgehead atoms. The second-order valence-electron chi connectivity index (χ2n) is 5.40. The van der Waals surface area contributed by atoms with E-state index < -0.39 is 23.6 Å². The fourth-order valence-corrected chi connectivity index (χ4v) is 2.36. The van der Waals surface area contributed by atoms with Crippen LogP contribution in [0.4, 0.5) is 22.4 Å². The lowest BCUT2D eigenvalue weighted by Crippen LogP contribution is -2.35. The number of rotatable bonds is 4. The number of fused-ring (bicyclic) bond motifs is 1. The van der Waals surface area contributed by atoms with E-state index in [0.29, 0.717) is 5.56 Å². The molecule has 2 aromatic heterocycles. The summed E-state index contributed by atoms with van der Waals surface area (Å²) in [7, 11) is 0. The third-order valence-corrected chi connectivity index (χ3v) is 3.56. The number of benzene rings is 1. The van der Waals surface area contributed by atoms with Gasteiger partial charge in [-0.1, -0.05) is 12.1 Å². The van der Waals surface area contributed by atoms with Gasteiger partial charge >= 0.3 is 12.2 Å². The number of carbonyl (C=O) groups excluding carboxylic acids is 1. The van der Waals surface area contributed by atoms with Crippen molar-refractivity contribution in [1.29, 1.82) is 0 Å². The Morgan fingerprint density at radius 3 is 2.58 bits per heavy atom. The van der Waals surface area contributed by atoms with Crippen LogP contribution >= 0.6 is 0 Å². The fourth-order valence-electron chi connectivity index (χ4n) is 2.36. The van der Waals surface area contributed by atoms with Gasteiger partial charge in [0.1, 0.15) is 11.4 Å². The second kappa shape index (κ2) is 6.98. The zero-order valence-electron chi connectivity index (χ0n) is 13.2. The zero-order valence-corrected chi connectivity index (χ0v) is 13.2. The van der Waals surface area contributed by atoms with Crippen LogP contribution in [0.15, 0.2) is 42.6 Å². The summed E-state index contributed by atoms with van der Waals surface area (Å²) in [5.41, 5.74) is -0.672. The van der Waals surface area contributed by atoms with E-state index >= 15 is 0 Å². The summed E-state index contributed by atoms with van der Waals surface area (Å²) in [5, 5.41) is 12.2. The maximum atomic E-state index is 13.1. The van der Waals surface area contributed by atoms with E-state index in [0.717, 1.165) is 10.5 Å². The van der Waals surface area contributed by atoms with Crippen LogP contribution in [0, 0.1) is 5.82 Å². The number of aromatic nitrogens is 3. The molecule has 10 heteroatoms. The van der Waals surface area contributed by atoms with Crippen molar-refractivity contribution >= 4 is 11.7 Å². The molecule has 2 N–H and O–H groups in total. The molecule has 0 aliphatic carbocycles. The Hall–Kier alpha value is -3.17. The number of pyridine rings is 1. The zero-order chi connectivity index (χ0) is 18.7. The molecule has 1 aromatic carbocycles. The van der Waals surface area contributed by atoms with Crippen molar-refractivity contribution in [2.75, 3.05) is 0 Å². The van der Waals surface area contributed by atoms with Gasteiger partial charge in [0.2, 0.25) is 0 Å². The predicted molar refractivity (Wildman–Crippen MR) is 83.5 cm³/mol. The molecule has 136 valence electrons. The van der Waals surface area contributed by atoms with Crippen molar-refractivity contribution in [2.24, 2.45) is 0 Å². The number of amides is 2. The molecular weight excluding hydrogens is 354 g/mol. The summed E-state index contributed by atoms with van der Waals surface area (Å²) in [6.07, 6.45) is -3.17. The minimum atomic E-state index is -4.55. The fraction of sp³-hybridized carbons (Fsp3) is 0.188. The summed E-state index contributed by atoms with van der Waals surface area (Å²) >= 11 is 0. The summed E-state index contributed by atoms with van der Waals surface area (Å²) in [5.74, 6) is -0.271. The number of nitrogens with one attached hydrogen (secondary N) is 2. The summed E-state index contributed by atoms with van der Waals surface area (Å²) in [6, 6.07) is 7.30. The number of hydrogen-bond donors (Lipinski definition) is 2. The Morgan fingerprint density at radius 1 is 1.08 bits per heavy atom. The van der Waals surface area contributed by atoms with Crippen LogP contribution in [0.1, 0.15) is 17.0 Å². The molecule has 2 amide bonds. The van der Waals surface area contributed by atoms with Gasteiger partial charge in [0, 0.05) is 12.7 Å². The molecule has 0 atom stereocenters. The van der Waals surface area contributed by atoms with Gasteiger partial charge in [-0.25, -0.2) is 9.18 Å². The number of nitrogens with zero attached hydrogens (tertiary/aromatic N) is 3. The van der Waals surface area contributed by atoms with E-state index in [9.17, 15) is 22.4 Å². The van der Waals surface area contributed by atoms with Gasteiger partial charge in [0.15, 0.2) is 11.5 Å². The van der Waals surface area contributed by atoms with Crippen LogP contribution in [0.5, 0.6) is 0 Å². The molecule has 0 saturated carbocycles. The Balaban J connectivity index is 1.64. The van der Waals surface area contributed by atoms with Gasteiger partial charge in [-0.3, -0.25) is 4.40 Å². The molecule has 2 heterocycles. The van der Waals surface area contributed by atoms with Crippen molar-refractivity contribution < 1.29 is 22.4 Å². The molecule has 0 unspecified atom stereocenters. The van der Waals surface area contributed by atoms with Crippen LogP contribution < -0.4 is 10.6 Å². The van der Waals surface area contributed by atoms with Crippen molar-refractivity contribution in [3.05, 3.63) is 65.4 Å². The predicted octanol–water partition coefficient (Wildman–Crippen LogP) is 2.89. The van der Waals surface area contributed by atoms with Crippen molar-refractivity contribution in [2.45, 2.75) is 19.3 Å². The first-order valence-electron chi connectivity index (χ1n) is 7.50. The number of hydrogen-bond acceptors (Lipinski definition) is 3. The van der Waals surface area contributed by atoms with Crippen LogP contribution in [0.3, 0.4) is 0 Å². The maximum Gasteiger partial charge on any atom is 0.420 e. The molecule has 0 saturated heterocycles. The number of alkyl halides is 3. The molecule has 26 heavy (non-hydrogen) atoms. The Morgan fingerprint density at radius 2 is 1.85 bits per heavy atom. The van der Waals surface area contributed by atoms with Crippen molar-refractivity contribution in [3.8, 4) is 0 Å². The van der Waals surface area contributed by atoms with E-state index in [2.05, 4.69) is 20.8 Å². The van der Waals surface area contributed by atoms with E-state index in [-0.39, 0.29) is 24.6 Å². The quantitative estimate of drug-likeness (QED) is 0.697. The van der Waals surface area contributed by atoms with Gasteiger partial charge < -0.3 is 10.6 Å². The number of urea groups is 1. The third-order valence-electron chi connectivity index (χ3n) is 3.56. The van der Waals surface area contributed by atoms with Crippen LogP contribution in [0.25, 0.3) is 5.65 Å². The molecule has 0 aliphatic rings. The largest absolute Gasteiger partial charge is 0.420 e. The molecule has 3 rings (SSSR count). The molecular formula is C16H13F4N5O. The first-order chi connectivity index (χ1) is 12.3. The van der Waals surface area contributed by atoms with Crippen molar-refractivity contribution in [3.63, 3.8) is 0 Å². The average Bonchev–Trinajstić information content (AvgIpc) is 3.00. The molecule has 0 spiro atoms. The lowest BCUT2D eigenvalue weighted by Gasteiger charge is -2.09. The van der Waals surface area contributed by atoms with Crippen LogP contribution in [0.2, 0.25) is 0 Å². The SMILES string of the molecule is O=C(NCc1cccc(F)c1)NCc1nnc2c(C(F)(F)F)cccn12. The van der Waals surface area contributed by atoms with Gasteiger partial charge in [-0.2, -0.15) is 13.2 Å². The summed E-state index contributed by atoms with van der Waals surface area (Å²) in [6.45, 7) is -0.0279. The standard InChI is InChI=1S/C16H13F4N5O/c17-11-4-1-3-10(7-11)8-21-15(26)22-9-13-23-24-14-12(16(18,19)20)5-2-6-25(13)14/h1-7H,8-9H2,(H2,21,22,26). The lowest BCUT2D eigenvalue weighted by atomic mass is 10.2. The lowest BCUT2D eigenvalue weighted by molar-refractivity contribution is -0.136. The molecule has 0 radical (unpaired) electrons. The van der Waals surface area contributed by atoms with Gasteiger partial charge in [0.05, 0.1) is 6.54 Å². The van der Waals surface area contributed by atoms with Gasteiger partial charge in [0.25, 0.3) is 0 Å². The maximum absolute atomic E-state index is 13.1. The highest BCUT2D eigenvalue weighted by atomic mass is 19.4. The molecule has 0 aliphatic heterocycles. The normalized spacial score (nSPS) is 11.5. The smallest absolute Gasteiger partial charge is 0.334 e. The first-order valence-corrected chi connectivity index (χ1v) is 7.50. The van der Waals surface area contributed by atoms with Gasteiger partial charge in [-0.05, 0) is 29.8 Å². The molecule has 3 aromatic rings. The topological polar surface area (TPSA) is 71.3 Å². The monoisotopic (exact) mass is 367 g/mol. The Bertz CT molecular complexity index is 938. The number of carbonyl (C=O) groups is 1. The van der Waals surface area contributed by atoms with Crippen LogP contribution in [-0.4, -0.2) is 20.6 Å². The third kappa shape index (κ3) is 3.90. The van der Waals surface area contributed by atoms with E-state index in [1.807, 2.05) is 0 Å². The highest BCUT2D eigenvalue weighted by Crippen LogP contribution is 2.31. The highest BCUT2D eigenvalue weighted by Gasteiger charge is 2.34. The minimum Gasteiger partial charge on any atom is -0.334 e. The van der Waals surface area contributed by atoms with Crippen LogP contribution in [-0.2, 0) is 19.3 Å². The molecule has 0 fully saturated rings. The summed E-state index contributed by atoms with van der Waals surface area (Å²) < 4.78 is 53.1. The van der Waals surface area contributed by atoms with E-state index in [1.54, 1.807) is 6.07 Å². The summed E-state index contributed by atoms with van der Waals surface area (Å²) in [4.78, 5) is 11.8. The van der Waals surface area contributed by atoms with Crippen molar-refractivity contribution in [1.82, 2.24) is 25.2 Å². The number of halogens is 4. The Labute approximate surface area is 144 Å². The minimum absolute atomic E-state index is 0.0996. The van der Waals surface area contributed by atoms with Gasteiger partial charge in [-0.15, -0.1) is 10.2 Å². The second-order valence-corrected chi connectivity index (χ2v) is 5.40. The highest BCUT2D eigenvalue weighted by molar-refractivity contribution is 5.73. The Kier molecular flexibility index (Phi) is 4.74. The first kappa shape index (κ1) is 17.6. The van der Waals surface area contributed by atoms with E-state index in [4.69, 9.17) is 0 Å². The average molecular weight is 367 g/mol.